The number of hydrogen-bond donors (Lipinski definition) is 0. The summed E-state index contributed by atoms with van der Waals surface area (Å²) in [5, 5.41) is 2.57. The van der Waals surface area contributed by atoms with Crippen molar-refractivity contribution in [2.24, 2.45) is 4.99 Å². The molecule has 1 heteroatoms. The third-order valence-corrected chi connectivity index (χ3v) is 5.56. The fourth-order valence-electron chi connectivity index (χ4n) is 4.35. The van der Waals surface area contributed by atoms with Gasteiger partial charge in [-0.15, -0.1) is 0 Å². The maximum absolute atomic E-state index is 4.78. The average molecular weight is 347 g/mol. The zero-order valence-corrected chi connectivity index (χ0v) is 15.2. The van der Waals surface area contributed by atoms with Crippen molar-refractivity contribution in [3.63, 3.8) is 0 Å². The number of allylic oxidation sites excluding steroid dienone is 2. The molecule has 0 bridgehead atoms. The Labute approximate surface area is 159 Å². The highest BCUT2D eigenvalue weighted by atomic mass is 14.7. The van der Waals surface area contributed by atoms with Gasteiger partial charge in [0.05, 0.1) is 5.70 Å². The molecule has 3 aromatic carbocycles. The molecule has 1 aliphatic heterocycles. The van der Waals surface area contributed by atoms with Crippen LogP contribution < -0.4 is 10.4 Å². The summed E-state index contributed by atoms with van der Waals surface area (Å²) in [5.41, 5.74) is 6.50. The summed E-state index contributed by atoms with van der Waals surface area (Å²) in [6.07, 6.45) is 8.55. The van der Waals surface area contributed by atoms with Gasteiger partial charge in [0.2, 0.25) is 0 Å². The van der Waals surface area contributed by atoms with Gasteiger partial charge in [-0.3, -0.25) is 4.99 Å². The Balaban J connectivity index is 1.78. The Morgan fingerprint density at radius 3 is 2.48 bits per heavy atom. The van der Waals surface area contributed by atoms with Crippen LogP contribution in [0.1, 0.15) is 24.3 Å². The predicted molar refractivity (Wildman–Crippen MR) is 114 cm³/mol. The van der Waals surface area contributed by atoms with Gasteiger partial charge in [0.1, 0.15) is 0 Å². The Hall–Kier alpha value is -3.19. The quantitative estimate of drug-likeness (QED) is 0.629. The lowest BCUT2D eigenvalue weighted by Crippen LogP contribution is -2.29. The van der Waals surface area contributed by atoms with Gasteiger partial charge in [-0.05, 0) is 51.6 Å². The molecule has 0 saturated heterocycles. The van der Waals surface area contributed by atoms with E-state index in [0.717, 1.165) is 18.5 Å². The van der Waals surface area contributed by atoms with Crippen LogP contribution in [0.3, 0.4) is 0 Å². The highest BCUT2D eigenvalue weighted by Gasteiger charge is 2.26. The minimum absolute atomic E-state index is 0.353. The Morgan fingerprint density at radius 2 is 1.56 bits per heavy atom. The fourth-order valence-corrected chi connectivity index (χ4v) is 4.35. The van der Waals surface area contributed by atoms with E-state index in [1.165, 1.54) is 32.7 Å². The SMILES string of the molecule is C1=NC2=CCCC(c3ccccc3-c3ccccc3)C2=c2ccccc2=C1. The van der Waals surface area contributed by atoms with Gasteiger partial charge in [-0.2, -0.15) is 0 Å². The van der Waals surface area contributed by atoms with E-state index < -0.39 is 0 Å². The van der Waals surface area contributed by atoms with Crippen molar-refractivity contribution in [1.29, 1.82) is 0 Å². The number of benzene rings is 3. The van der Waals surface area contributed by atoms with Crippen molar-refractivity contribution in [1.82, 2.24) is 0 Å². The highest BCUT2D eigenvalue weighted by molar-refractivity contribution is 5.94. The highest BCUT2D eigenvalue weighted by Crippen LogP contribution is 2.42. The molecule has 1 aliphatic carbocycles. The maximum Gasteiger partial charge on any atom is 0.0634 e. The van der Waals surface area contributed by atoms with Crippen LogP contribution in [0.15, 0.2) is 95.6 Å². The van der Waals surface area contributed by atoms with E-state index in [1.807, 2.05) is 6.21 Å². The number of nitrogens with zero attached hydrogens (tertiary/aromatic N) is 1. The molecule has 130 valence electrons. The van der Waals surface area contributed by atoms with Gasteiger partial charge < -0.3 is 0 Å². The molecule has 0 spiro atoms. The smallest absolute Gasteiger partial charge is 0.0634 e. The van der Waals surface area contributed by atoms with E-state index in [4.69, 9.17) is 4.99 Å². The van der Waals surface area contributed by atoms with Crippen LogP contribution in [0, 0.1) is 0 Å². The third-order valence-electron chi connectivity index (χ3n) is 5.56. The Bertz CT molecular complexity index is 1170. The van der Waals surface area contributed by atoms with Crippen molar-refractivity contribution in [2.75, 3.05) is 0 Å². The van der Waals surface area contributed by atoms with E-state index in [9.17, 15) is 0 Å². The number of fused-ring (bicyclic) bond motifs is 2. The molecule has 0 saturated carbocycles. The zero-order chi connectivity index (χ0) is 18.1. The largest absolute Gasteiger partial charge is 0.257 e. The Kier molecular flexibility index (Phi) is 4.06. The van der Waals surface area contributed by atoms with E-state index in [-0.39, 0.29) is 0 Å². The first kappa shape index (κ1) is 16.0. The third kappa shape index (κ3) is 2.86. The van der Waals surface area contributed by atoms with Crippen LogP contribution in [0.2, 0.25) is 0 Å². The minimum atomic E-state index is 0.353. The predicted octanol–water partition coefficient (Wildman–Crippen LogP) is 4.83. The normalized spacial score (nSPS) is 18.0. The van der Waals surface area contributed by atoms with E-state index in [1.54, 1.807) is 0 Å². The molecule has 0 N–H and O–H groups in total. The molecule has 3 aromatic rings. The molecule has 0 radical (unpaired) electrons. The van der Waals surface area contributed by atoms with Gasteiger partial charge in [0.25, 0.3) is 0 Å². The molecular formula is C26H21N. The van der Waals surface area contributed by atoms with Crippen LogP contribution in [-0.4, -0.2) is 6.21 Å². The molecule has 2 aliphatic rings. The molecule has 1 heterocycles. The molecule has 5 rings (SSSR count). The van der Waals surface area contributed by atoms with Gasteiger partial charge in [0.15, 0.2) is 0 Å². The van der Waals surface area contributed by atoms with Crippen molar-refractivity contribution >= 4 is 17.9 Å². The summed E-state index contributed by atoms with van der Waals surface area (Å²) in [6.45, 7) is 0. The van der Waals surface area contributed by atoms with Crippen molar-refractivity contribution in [3.8, 4) is 11.1 Å². The van der Waals surface area contributed by atoms with E-state index in [2.05, 4.69) is 91.0 Å². The first-order valence-corrected chi connectivity index (χ1v) is 9.60. The summed E-state index contributed by atoms with van der Waals surface area (Å²) >= 11 is 0. The van der Waals surface area contributed by atoms with E-state index >= 15 is 0 Å². The lowest BCUT2D eigenvalue weighted by atomic mass is 9.78. The second kappa shape index (κ2) is 6.85. The summed E-state index contributed by atoms with van der Waals surface area (Å²) < 4.78 is 0. The van der Waals surface area contributed by atoms with Gasteiger partial charge in [-0.1, -0.05) is 84.9 Å². The van der Waals surface area contributed by atoms with Gasteiger partial charge >= 0.3 is 0 Å². The summed E-state index contributed by atoms with van der Waals surface area (Å²) in [5.74, 6) is 0.353. The van der Waals surface area contributed by atoms with Crippen LogP contribution in [0.5, 0.6) is 0 Å². The molecule has 0 fully saturated rings. The van der Waals surface area contributed by atoms with Crippen molar-refractivity contribution in [3.05, 3.63) is 107 Å². The zero-order valence-electron chi connectivity index (χ0n) is 15.2. The fraction of sp³-hybridized carbons (Fsp3) is 0.115. The van der Waals surface area contributed by atoms with E-state index in [0.29, 0.717) is 5.92 Å². The molecule has 1 nitrogen and oxygen atoms in total. The van der Waals surface area contributed by atoms with Crippen LogP contribution in [-0.2, 0) is 0 Å². The standard InChI is InChI=1S/C26H21N/c1-2-9-19(10-3-1)21-12-6-7-14-23(21)24-15-8-16-25-26(24)22-13-5-4-11-20(22)17-18-27-25/h1-7,9-14,16-18,24H,8,15H2. The van der Waals surface area contributed by atoms with Gasteiger partial charge in [-0.25, -0.2) is 0 Å². The number of aliphatic imine (C=N–C) groups is 1. The Morgan fingerprint density at radius 1 is 0.778 bits per heavy atom. The topological polar surface area (TPSA) is 12.4 Å². The second-order valence-corrected chi connectivity index (χ2v) is 7.12. The van der Waals surface area contributed by atoms with Crippen molar-refractivity contribution in [2.45, 2.75) is 18.8 Å². The second-order valence-electron chi connectivity index (χ2n) is 7.12. The molecular weight excluding hydrogens is 326 g/mol. The van der Waals surface area contributed by atoms with Crippen molar-refractivity contribution < 1.29 is 0 Å². The lowest BCUT2D eigenvalue weighted by Gasteiger charge is -2.27. The first-order valence-electron chi connectivity index (χ1n) is 9.60. The summed E-state index contributed by atoms with van der Waals surface area (Å²) in [6, 6.07) is 28.2. The lowest BCUT2D eigenvalue weighted by molar-refractivity contribution is 0.737. The molecule has 27 heavy (non-hydrogen) atoms. The number of hydrogen-bond acceptors (Lipinski definition) is 1. The minimum Gasteiger partial charge on any atom is -0.257 e. The van der Waals surface area contributed by atoms with Gasteiger partial charge in [0, 0.05) is 12.1 Å². The van der Waals surface area contributed by atoms with Crippen LogP contribution >= 0.6 is 0 Å². The molecule has 1 unspecified atom stereocenters. The average Bonchev–Trinajstić information content (AvgIpc) is 2.94. The summed E-state index contributed by atoms with van der Waals surface area (Å²) in [4.78, 5) is 4.78. The molecule has 0 aromatic heterocycles. The molecule has 0 amide bonds. The maximum atomic E-state index is 4.78. The van der Waals surface area contributed by atoms with Crippen LogP contribution in [0.25, 0.3) is 22.8 Å². The molecule has 1 atom stereocenters. The summed E-state index contributed by atoms with van der Waals surface area (Å²) in [7, 11) is 0. The number of rotatable bonds is 2. The van der Waals surface area contributed by atoms with Crippen LogP contribution in [0.4, 0.5) is 0 Å². The first-order chi connectivity index (χ1) is 13.4. The monoisotopic (exact) mass is 347 g/mol.